The summed E-state index contributed by atoms with van der Waals surface area (Å²) in [4.78, 5) is 26.9. The molecule has 2 aromatic rings. The Morgan fingerprint density at radius 2 is 2.14 bits per heavy atom. The molecular weight excluding hydrogens is 288 g/mol. The summed E-state index contributed by atoms with van der Waals surface area (Å²) in [6, 6.07) is 7.68. The van der Waals surface area contributed by atoms with Gasteiger partial charge in [-0.15, -0.1) is 0 Å². The van der Waals surface area contributed by atoms with Gasteiger partial charge in [0.2, 0.25) is 5.91 Å². The van der Waals surface area contributed by atoms with E-state index in [1.54, 1.807) is 6.92 Å². The second kappa shape index (κ2) is 7.03. The summed E-state index contributed by atoms with van der Waals surface area (Å²) in [7, 11) is 0. The molecule has 0 bridgehead atoms. The van der Waals surface area contributed by atoms with E-state index in [0.29, 0.717) is 10.7 Å². The number of hydrogen-bond acceptors (Lipinski definition) is 5. The van der Waals surface area contributed by atoms with Crippen LogP contribution in [0, 0.1) is 6.92 Å². The number of nitrogens with zero attached hydrogens (tertiary/aromatic N) is 2. The Labute approximate surface area is 126 Å². The molecule has 0 saturated heterocycles. The molecule has 2 N–H and O–H groups in total. The molecule has 2 rings (SSSR count). The van der Waals surface area contributed by atoms with Crippen LogP contribution in [0.1, 0.15) is 18.2 Å². The van der Waals surface area contributed by atoms with Gasteiger partial charge in [-0.05, 0) is 25.0 Å². The van der Waals surface area contributed by atoms with Crippen molar-refractivity contribution in [3.05, 3.63) is 46.0 Å². The molecule has 0 aliphatic heterocycles. The summed E-state index contributed by atoms with van der Waals surface area (Å²) in [5.74, 6) is 0.0409. The van der Waals surface area contributed by atoms with Crippen molar-refractivity contribution in [2.24, 2.45) is 0 Å². The SMILES string of the molecule is CCc1ccccc1NC(=O)CSc1nc(=O)[nH]nc1C. The Morgan fingerprint density at radius 3 is 2.90 bits per heavy atom. The summed E-state index contributed by atoms with van der Waals surface area (Å²) < 4.78 is 0. The highest BCUT2D eigenvalue weighted by Gasteiger charge is 2.09. The minimum absolute atomic E-state index is 0.137. The molecule has 7 heteroatoms. The maximum absolute atomic E-state index is 12.0. The van der Waals surface area contributed by atoms with Crippen molar-refractivity contribution in [2.45, 2.75) is 25.3 Å². The minimum Gasteiger partial charge on any atom is -0.325 e. The zero-order valence-electron chi connectivity index (χ0n) is 11.8. The molecule has 0 fully saturated rings. The summed E-state index contributed by atoms with van der Waals surface area (Å²) in [6.07, 6.45) is 0.849. The first kappa shape index (κ1) is 15.2. The quantitative estimate of drug-likeness (QED) is 0.822. The number of carbonyl (C=O) groups excluding carboxylic acids is 1. The Bertz CT molecular complexity index is 699. The Hall–Kier alpha value is -2.15. The van der Waals surface area contributed by atoms with Crippen molar-refractivity contribution in [2.75, 3.05) is 11.1 Å². The number of H-pyrrole nitrogens is 1. The van der Waals surface area contributed by atoms with Crippen molar-refractivity contribution in [1.29, 1.82) is 0 Å². The van der Waals surface area contributed by atoms with Crippen LogP contribution in [-0.4, -0.2) is 26.8 Å². The molecule has 6 nitrogen and oxygen atoms in total. The average Bonchev–Trinajstić information content (AvgIpc) is 2.49. The minimum atomic E-state index is -0.514. The predicted octanol–water partition coefficient (Wildman–Crippen LogP) is 1.77. The van der Waals surface area contributed by atoms with Crippen molar-refractivity contribution in [3.63, 3.8) is 0 Å². The lowest BCUT2D eigenvalue weighted by Crippen LogP contribution is -2.17. The van der Waals surface area contributed by atoms with Gasteiger partial charge in [-0.25, -0.2) is 9.89 Å². The molecule has 1 aromatic carbocycles. The standard InChI is InChI=1S/C14H16N4O2S/c1-3-10-6-4-5-7-11(10)15-12(19)8-21-13-9(2)17-18-14(20)16-13/h4-7H,3,8H2,1-2H3,(H,15,19)(H,16,18,20). The summed E-state index contributed by atoms with van der Waals surface area (Å²) in [5, 5.41) is 9.41. The summed E-state index contributed by atoms with van der Waals surface area (Å²) >= 11 is 1.20. The molecule has 1 aromatic heterocycles. The predicted molar refractivity (Wildman–Crippen MR) is 82.6 cm³/mol. The van der Waals surface area contributed by atoms with Crippen LogP contribution in [0.15, 0.2) is 34.1 Å². The lowest BCUT2D eigenvalue weighted by atomic mass is 10.1. The molecule has 1 amide bonds. The van der Waals surface area contributed by atoms with Gasteiger partial charge in [0.1, 0.15) is 5.03 Å². The molecule has 0 aliphatic carbocycles. The van der Waals surface area contributed by atoms with E-state index < -0.39 is 5.69 Å². The molecular formula is C14H16N4O2S. The number of aromatic amines is 1. The van der Waals surface area contributed by atoms with Crippen LogP contribution in [0.5, 0.6) is 0 Å². The molecule has 0 aliphatic rings. The maximum Gasteiger partial charge on any atom is 0.362 e. The van der Waals surface area contributed by atoms with E-state index in [9.17, 15) is 9.59 Å². The zero-order chi connectivity index (χ0) is 15.2. The fraction of sp³-hybridized carbons (Fsp3) is 0.286. The molecule has 0 saturated carbocycles. The molecule has 21 heavy (non-hydrogen) atoms. The number of carbonyl (C=O) groups is 1. The highest BCUT2D eigenvalue weighted by Crippen LogP contribution is 2.18. The maximum atomic E-state index is 12.0. The van der Waals surface area contributed by atoms with Crippen molar-refractivity contribution < 1.29 is 4.79 Å². The van der Waals surface area contributed by atoms with Crippen LogP contribution in [0.25, 0.3) is 0 Å². The molecule has 110 valence electrons. The van der Waals surface area contributed by atoms with Crippen LogP contribution in [0.3, 0.4) is 0 Å². The third-order valence-electron chi connectivity index (χ3n) is 2.84. The monoisotopic (exact) mass is 304 g/mol. The van der Waals surface area contributed by atoms with Gasteiger partial charge in [0.25, 0.3) is 0 Å². The molecule has 0 spiro atoms. The fourth-order valence-electron chi connectivity index (χ4n) is 1.79. The largest absolute Gasteiger partial charge is 0.362 e. The van der Waals surface area contributed by atoms with Gasteiger partial charge in [0.05, 0.1) is 11.4 Å². The highest BCUT2D eigenvalue weighted by atomic mass is 32.2. The molecule has 0 radical (unpaired) electrons. The number of hydrogen-bond donors (Lipinski definition) is 2. The third kappa shape index (κ3) is 4.16. The molecule has 1 heterocycles. The van der Waals surface area contributed by atoms with E-state index in [-0.39, 0.29) is 11.7 Å². The first-order valence-corrected chi connectivity index (χ1v) is 7.52. The van der Waals surface area contributed by atoms with Crippen LogP contribution in [-0.2, 0) is 11.2 Å². The van der Waals surface area contributed by atoms with E-state index in [4.69, 9.17) is 0 Å². The topological polar surface area (TPSA) is 87.7 Å². The number of aromatic nitrogens is 3. The second-order valence-corrected chi connectivity index (χ2v) is 5.34. The van der Waals surface area contributed by atoms with Gasteiger partial charge in [0.15, 0.2) is 0 Å². The lowest BCUT2D eigenvalue weighted by molar-refractivity contribution is -0.113. The first-order chi connectivity index (χ1) is 10.1. The molecule has 0 unspecified atom stereocenters. The van der Waals surface area contributed by atoms with Gasteiger partial charge < -0.3 is 5.32 Å². The summed E-state index contributed by atoms with van der Waals surface area (Å²) in [5.41, 5.74) is 1.99. The van der Waals surface area contributed by atoms with Crippen molar-refractivity contribution in [3.8, 4) is 0 Å². The lowest BCUT2D eigenvalue weighted by Gasteiger charge is -2.09. The van der Waals surface area contributed by atoms with Gasteiger partial charge >= 0.3 is 5.69 Å². The van der Waals surface area contributed by atoms with Gasteiger partial charge in [-0.1, -0.05) is 36.9 Å². The highest BCUT2D eigenvalue weighted by molar-refractivity contribution is 8.00. The number of benzene rings is 1. The Balaban J connectivity index is 1.99. The number of amides is 1. The number of aryl methyl sites for hydroxylation is 2. The fourth-order valence-corrected chi connectivity index (χ4v) is 2.53. The third-order valence-corrected chi connectivity index (χ3v) is 3.91. The van der Waals surface area contributed by atoms with Crippen LogP contribution < -0.4 is 11.0 Å². The van der Waals surface area contributed by atoms with Crippen LogP contribution >= 0.6 is 11.8 Å². The van der Waals surface area contributed by atoms with Crippen LogP contribution in [0.2, 0.25) is 0 Å². The number of thioether (sulfide) groups is 1. The normalized spacial score (nSPS) is 10.4. The number of anilines is 1. The van der Waals surface area contributed by atoms with Crippen molar-refractivity contribution in [1.82, 2.24) is 15.2 Å². The smallest absolute Gasteiger partial charge is 0.325 e. The number of para-hydroxylation sites is 1. The van der Waals surface area contributed by atoms with E-state index in [1.807, 2.05) is 31.2 Å². The van der Waals surface area contributed by atoms with Crippen LogP contribution in [0.4, 0.5) is 5.69 Å². The van der Waals surface area contributed by atoms with Gasteiger partial charge in [-0.2, -0.15) is 10.1 Å². The Morgan fingerprint density at radius 1 is 1.38 bits per heavy atom. The van der Waals surface area contributed by atoms with Gasteiger partial charge in [-0.3, -0.25) is 4.79 Å². The van der Waals surface area contributed by atoms with E-state index in [2.05, 4.69) is 20.5 Å². The zero-order valence-corrected chi connectivity index (χ0v) is 12.7. The van der Waals surface area contributed by atoms with E-state index >= 15 is 0 Å². The molecule has 0 atom stereocenters. The van der Waals surface area contributed by atoms with Crippen molar-refractivity contribution >= 4 is 23.4 Å². The average molecular weight is 304 g/mol. The van der Waals surface area contributed by atoms with Gasteiger partial charge in [0, 0.05) is 5.69 Å². The number of rotatable bonds is 5. The number of nitrogens with one attached hydrogen (secondary N) is 2. The second-order valence-electron chi connectivity index (χ2n) is 4.38. The van der Waals surface area contributed by atoms with E-state index in [0.717, 1.165) is 17.7 Å². The first-order valence-electron chi connectivity index (χ1n) is 6.54. The summed E-state index contributed by atoms with van der Waals surface area (Å²) in [6.45, 7) is 3.77. The van der Waals surface area contributed by atoms with E-state index in [1.165, 1.54) is 11.8 Å². The Kier molecular flexibility index (Phi) is 5.10.